The minimum Gasteiger partial charge on any atom is -0.368 e. The van der Waals surface area contributed by atoms with E-state index in [-0.39, 0.29) is 36.9 Å². The van der Waals surface area contributed by atoms with Crippen LogP contribution in [0.15, 0.2) is 28.7 Å². The Hall–Kier alpha value is -2.09. The molecule has 1 heterocycles. The van der Waals surface area contributed by atoms with Crippen molar-refractivity contribution in [1.82, 2.24) is 9.80 Å². The van der Waals surface area contributed by atoms with E-state index in [4.69, 9.17) is 5.73 Å². The molecule has 1 saturated heterocycles. The van der Waals surface area contributed by atoms with E-state index < -0.39 is 5.91 Å². The Kier molecular flexibility index (Phi) is 6.82. The van der Waals surface area contributed by atoms with Crippen LogP contribution < -0.4 is 10.6 Å². The smallest absolute Gasteiger partial charge is 0.324 e. The Morgan fingerprint density at radius 2 is 1.97 bits per heavy atom. The van der Waals surface area contributed by atoms with Crippen LogP contribution in [0.5, 0.6) is 0 Å². The molecular weight excluding hydrogens is 436 g/mol. The molecular formula is C21H29BrN4O3. The molecule has 0 aromatic heterocycles. The van der Waals surface area contributed by atoms with Gasteiger partial charge in [0.15, 0.2) is 0 Å². The van der Waals surface area contributed by atoms with Gasteiger partial charge in [-0.3, -0.25) is 14.5 Å². The van der Waals surface area contributed by atoms with Crippen LogP contribution in [0.3, 0.4) is 0 Å². The summed E-state index contributed by atoms with van der Waals surface area (Å²) >= 11 is 3.54. The van der Waals surface area contributed by atoms with Gasteiger partial charge in [-0.25, -0.2) is 4.79 Å². The van der Waals surface area contributed by atoms with Gasteiger partial charge in [0, 0.05) is 30.5 Å². The number of hydrogen-bond donors (Lipinski definition) is 1. The highest BCUT2D eigenvalue weighted by atomic mass is 79.9. The number of urea groups is 1. The Bertz CT molecular complexity index is 781. The van der Waals surface area contributed by atoms with Crippen LogP contribution in [-0.2, 0) is 9.59 Å². The monoisotopic (exact) mass is 464 g/mol. The quantitative estimate of drug-likeness (QED) is 0.609. The summed E-state index contributed by atoms with van der Waals surface area (Å²) in [6.45, 7) is 5.59. The van der Waals surface area contributed by atoms with E-state index in [0.717, 1.165) is 29.5 Å². The first-order chi connectivity index (χ1) is 13.8. The molecule has 3 rings (SSSR count). The van der Waals surface area contributed by atoms with E-state index in [1.165, 1.54) is 4.90 Å². The number of rotatable bonds is 9. The third-order valence-corrected chi connectivity index (χ3v) is 5.93. The first kappa shape index (κ1) is 21.6. The maximum absolute atomic E-state index is 13.2. The van der Waals surface area contributed by atoms with E-state index in [9.17, 15) is 14.4 Å². The van der Waals surface area contributed by atoms with Gasteiger partial charge in [0.25, 0.3) is 0 Å². The van der Waals surface area contributed by atoms with Gasteiger partial charge in [-0.2, -0.15) is 0 Å². The Morgan fingerprint density at radius 3 is 2.55 bits per heavy atom. The van der Waals surface area contributed by atoms with Gasteiger partial charge >= 0.3 is 6.03 Å². The summed E-state index contributed by atoms with van der Waals surface area (Å²) in [4.78, 5) is 42.7. The normalized spacial score (nSPS) is 19.2. The summed E-state index contributed by atoms with van der Waals surface area (Å²) < 4.78 is 0.815. The Labute approximate surface area is 180 Å². The lowest BCUT2D eigenvalue weighted by Gasteiger charge is -2.28. The molecule has 4 amide bonds. The van der Waals surface area contributed by atoms with E-state index in [2.05, 4.69) is 15.9 Å². The van der Waals surface area contributed by atoms with Gasteiger partial charge in [-0.1, -0.05) is 26.0 Å². The fraction of sp³-hybridized carbons (Fsp3) is 0.571. The molecule has 1 aliphatic heterocycles. The van der Waals surface area contributed by atoms with Crippen molar-refractivity contribution in [3.05, 3.63) is 28.7 Å². The Balaban J connectivity index is 1.81. The SMILES string of the molecule is CC(C)CN(CC(N)=O)C(=O)CC1CN(CC2CC2)C(=O)N1c1ccccc1Br. The predicted molar refractivity (Wildman–Crippen MR) is 115 cm³/mol. The molecule has 0 bridgehead atoms. The molecule has 7 nitrogen and oxygen atoms in total. The van der Waals surface area contributed by atoms with Crippen molar-refractivity contribution < 1.29 is 14.4 Å². The Morgan fingerprint density at radius 1 is 1.28 bits per heavy atom. The first-order valence-corrected chi connectivity index (χ1v) is 10.9. The summed E-state index contributed by atoms with van der Waals surface area (Å²) in [6.07, 6.45) is 2.47. The zero-order chi connectivity index (χ0) is 21.1. The summed E-state index contributed by atoms with van der Waals surface area (Å²) in [7, 11) is 0. The molecule has 2 aliphatic rings. The van der Waals surface area contributed by atoms with Crippen LogP contribution >= 0.6 is 15.9 Å². The lowest BCUT2D eigenvalue weighted by molar-refractivity contribution is -0.135. The van der Waals surface area contributed by atoms with Crippen LogP contribution in [0.25, 0.3) is 0 Å². The van der Waals surface area contributed by atoms with E-state index in [1.807, 2.05) is 43.0 Å². The highest BCUT2D eigenvalue weighted by Crippen LogP contribution is 2.36. The van der Waals surface area contributed by atoms with Crippen molar-refractivity contribution in [2.75, 3.05) is 31.1 Å². The number of benzene rings is 1. The molecule has 0 radical (unpaired) electrons. The van der Waals surface area contributed by atoms with Crippen molar-refractivity contribution in [1.29, 1.82) is 0 Å². The third-order valence-electron chi connectivity index (χ3n) is 5.26. The van der Waals surface area contributed by atoms with Crippen LogP contribution in [0.4, 0.5) is 10.5 Å². The average Bonchev–Trinajstić information content (AvgIpc) is 3.40. The number of nitrogens with two attached hydrogens (primary N) is 1. The zero-order valence-corrected chi connectivity index (χ0v) is 18.6. The van der Waals surface area contributed by atoms with Crippen LogP contribution in [0.2, 0.25) is 0 Å². The second-order valence-corrected chi connectivity index (χ2v) is 9.30. The number of anilines is 1. The van der Waals surface area contributed by atoms with Crippen molar-refractivity contribution in [2.24, 2.45) is 17.6 Å². The number of amides is 4. The summed E-state index contributed by atoms with van der Waals surface area (Å²) in [6, 6.07) is 7.21. The number of halogens is 1. The first-order valence-electron chi connectivity index (χ1n) is 10.1. The lowest BCUT2D eigenvalue weighted by atomic mass is 10.1. The van der Waals surface area contributed by atoms with E-state index >= 15 is 0 Å². The van der Waals surface area contributed by atoms with Crippen molar-refractivity contribution in [2.45, 2.75) is 39.2 Å². The highest BCUT2D eigenvalue weighted by molar-refractivity contribution is 9.10. The topological polar surface area (TPSA) is 87.0 Å². The van der Waals surface area contributed by atoms with Crippen LogP contribution in [0.1, 0.15) is 33.1 Å². The van der Waals surface area contributed by atoms with Gasteiger partial charge in [-0.15, -0.1) is 0 Å². The number of nitrogens with zero attached hydrogens (tertiary/aromatic N) is 3. The summed E-state index contributed by atoms with van der Waals surface area (Å²) in [5.74, 6) is 0.108. The third kappa shape index (κ3) is 5.50. The molecule has 1 aliphatic carbocycles. The highest BCUT2D eigenvalue weighted by Gasteiger charge is 2.42. The lowest BCUT2D eigenvalue weighted by Crippen LogP contribution is -2.44. The summed E-state index contributed by atoms with van der Waals surface area (Å²) in [5, 5.41) is 0. The van der Waals surface area contributed by atoms with Crippen molar-refractivity contribution >= 4 is 39.5 Å². The molecule has 1 unspecified atom stereocenters. The predicted octanol–water partition coefficient (Wildman–Crippen LogP) is 2.83. The second-order valence-electron chi connectivity index (χ2n) is 8.44. The molecule has 2 fully saturated rings. The number of carbonyl (C=O) groups is 3. The second kappa shape index (κ2) is 9.15. The van der Waals surface area contributed by atoms with Gasteiger partial charge in [0.1, 0.15) is 0 Å². The minimum atomic E-state index is -0.528. The van der Waals surface area contributed by atoms with E-state index in [0.29, 0.717) is 19.0 Å². The minimum absolute atomic E-state index is 0.0630. The molecule has 1 saturated carbocycles. The average molecular weight is 465 g/mol. The largest absolute Gasteiger partial charge is 0.368 e. The number of hydrogen-bond acceptors (Lipinski definition) is 3. The van der Waals surface area contributed by atoms with Gasteiger partial charge in [-0.05, 0) is 52.7 Å². The molecule has 158 valence electrons. The molecule has 1 aromatic rings. The van der Waals surface area contributed by atoms with Crippen LogP contribution in [-0.4, -0.2) is 59.9 Å². The molecule has 29 heavy (non-hydrogen) atoms. The van der Waals surface area contributed by atoms with Crippen molar-refractivity contribution in [3.8, 4) is 0 Å². The van der Waals surface area contributed by atoms with Gasteiger partial charge in [0.05, 0.1) is 18.3 Å². The fourth-order valence-electron chi connectivity index (χ4n) is 3.80. The molecule has 1 aromatic carbocycles. The maximum Gasteiger partial charge on any atom is 0.324 e. The number of para-hydroxylation sites is 1. The number of carbonyl (C=O) groups excluding carboxylic acids is 3. The molecule has 8 heteroatoms. The zero-order valence-electron chi connectivity index (χ0n) is 17.0. The summed E-state index contributed by atoms with van der Waals surface area (Å²) in [5.41, 5.74) is 6.11. The molecule has 2 N–H and O–H groups in total. The fourth-order valence-corrected chi connectivity index (χ4v) is 4.28. The van der Waals surface area contributed by atoms with Crippen LogP contribution in [0, 0.1) is 11.8 Å². The maximum atomic E-state index is 13.2. The van der Waals surface area contributed by atoms with Crippen molar-refractivity contribution in [3.63, 3.8) is 0 Å². The van der Waals surface area contributed by atoms with E-state index in [1.54, 1.807) is 4.90 Å². The molecule has 1 atom stereocenters. The molecule has 0 spiro atoms. The van der Waals surface area contributed by atoms with Gasteiger partial charge < -0.3 is 15.5 Å². The standard InChI is InChI=1S/C21H29BrN4O3/c1-14(2)10-24(13-19(23)27)20(28)9-16-12-25(11-15-7-8-15)21(29)26(16)18-6-4-3-5-17(18)22/h3-6,14-16H,7-13H2,1-2H3,(H2,23,27). The van der Waals surface area contributed by atoms with Gasteiger partial charge in [0.2, 0.25) is 11.8 Å². The number of primary amides is 1.